The highest BCUT2D eigenvalue weighted by atomic mass is 35.5. The van der Waals surface area contributed by atoms with Crippen LogP contribution in [0.3, 0.4) is 0 Å². The maximum absolute atomic E-state index is 6.44. The summed E-state index contributed by atoms with van der Waals surface area (Å²) in [5.41, 5.74) is 1.16. The number of halogens is 1. The van der Waals surface area contributed by atoms with Crippen molar-refractivity contribution in [3.63, 3.8) is 0 Å². The van der Waals surface area contributed by atoms with Gasteiger partial charge in [0, 0.05) is 25.3 Å². The van der Waals surface area contributed by atoms with E-state index in [1.165, 1.54) is 12.8 Å². The quantitative estimate of drug-likeness (QED) is 0.864. The van der Waals surface area contributed by atoms with E-state index in [-0.39, 0.29) is 0 Å². The van der Waals surface area contributed by atoms with Crippen molar-refractivity contribution in [2.24, 2.45) is 5.92 Å². The van der Waals surface area contributed by atoms with Gasteiger partial charge in [-0.1, -0.05) is 32.4 Å². The number of pyridine rings is 1. The molecule has 1 saturated heterocycles. The number of hydrogen-bond donors (Lipinski definition) is 1. The molecule has 1 aromatic heterocycles. The van der Waals surface area contributed by atoms with Crippen LogP contribution in [-0.2, 0) is 6.54 Å². The third kappa shape index (κ3) is 3.86. The lowest BCUT2D eigenvalue weighted by atomic mass is 10.1. The first kappa shape index (κ1) is 15.6. The summed E-state index contributed by atoms with van der Waals surface area (Å²) in [6.45, 7) is 9.59. The number of nitrogens with one attached hydrogen (secondary N) is 1. The summed E-state index contributed by atoms with van der Waals surface area (Å²) >= 11 is 6.44. The summed E-state index contributed by atoms with van der Waals surface area (Å²) in [7, 11) is 0. The van der Waals surface area contributed by atoms with E-state index in [4.69, 9.17) is 11.6 Å². The Labute approximate surface area is 127 Å². The molecule has 0 amide bonds. The first-order valence-corrected chi connectivity index (χ1v) is 8.11. The van der Waals surface area contributed by atoms with E-state index in [1.54, 1.807) is 0 Å². The summed E-state index contributed by atoms with van der Waals surface area (Å²) < 4.78 is 0. The van der Waals surface area contributed by atoms with E-state index in [0.717, 1.165) is 42.5 Å². The summed E-state index contributed by atoms with van der Waals surface area (Å²) in [5, 5.41) is 4.21. The molecular formula is C16H26ClN3. The Hall–Kier alpha value is -0.800. The van der Waals surface area contributed by atoms with E-state index in [2.05, 4.69) is 42.0 Å². The van der Waals surface area contributed by atoms with E-state index in [1.807, 2.05) is 6.20 Å². The van der Waals surface area contributed by atoms with Crippen molar-refractivity contribution in [3.05, 3.63) is 22.8 Å². The number of rotatable bonds is 6. The Morgan fingerprint density at radius 1 is 1.50 bits per heavy atom. The highest BCUT2D eigenvalue weighted by Gasteiger charge is 2.25. The minimum absolute atomic E-state index is 0.602. The summed E-state index contributed by atoms with van der Waals surface area (Å²) in [5.74, 6) is 1.62. The molecule has 0 bridgehead atoms. The third-order valence-electron chi connectivity index (χ3n) is 3.88. The monoisotopic (exact) mass is 295 g/mol. The van der Waals surface area contributed by atoms with Crippen molar-refractivity contribution in [3.8, 4) is 0 Å². The van der Waals surface area contributed by atoms with Gasteiger partial charge in [-0.3, -0.25) is 0 Å². The predicted molar refractivity (Wildman–Crippen MR) is 86.5 cm³/mol. The zero-order valence-corrected chi connectivity index (χ0v) is 13.6. The zero-order valence-electron chi connectivity index (χ0n) is 12.8. The molecule has 3 nitrogen and oxygen atoms in total. The number of aromatic nitrogens is 1. The van der Waals surface area contributed by atoms with Crippen LogP contribution in [0.1, 0.15) is 45.6 Å². The average Bonchev–Trinajstić information content (AvgIpc) is 2.86. The van der Waals surface area contributed by atoms with Gasteiger partial charge in [0.2, 0.25) is 0 Å². The highest BCUT2D eigenvalue weighted by Crippen LogP contribution is 2.31. The fourth-order valence-corrected chi connectivity index (χ4v) is 3.12. The Balaban J connectivity index is 2.02. The topological polar surface area (TPSA) is 28.2 Å². The lowest BCUT2D eigenvalue weighted by molar-refractivity contribution is 0.552. The van der Waals surface area contributed by atoms with Gasteiger partial charge in [-0.05, 0) is 43.4 Å². The van der Waals surface area contributed by atoms with Crippen LogP contribution < -0.4 is 10.2 Å². The van der Waals surface area contributed by atoms with Crippen LogP contribution in [0.4, 0.5) is 5.82 Å². The lowest BCUT2D eigenvalue weighted by Crippen LogP contribution is -2.29. The van der Waals surface area contributed by atoms with E-state index in [9.17, 15) is 0 Å². The predicted octanol–water partition coefficient (Wildman–Crippen LogP) is 3.86. The van der Waals surface area contributed by atoms with Crippen LogP contribution in [0.15, 0.2) is 12.3 Å². The number of nitrogens with zero attached hydrogens (tertiary/aromatic N) is 2. The van der Waals surface area contributed by atoms with Gasteiger partial charge >= 0.3 is 0 Å². The van der Waals surface area contributed by atoms with Crippen LogP contribution in [0, 0.1) is 5.92 Å². The third-order valence-corrected chi connectivity index (χ3v) is 4.16. The van der Waals surface area contributed by atoms with E-state index >= 15 is 0 Å². The Morgan fingerprint density at radius 3 is 2.95 bits per heavy atom. The molecule has 1 atom stereocenters. The molecule has 2 rings (SSSR count). The second-order valence-corrected chi connectivity index (χ2v) is 6.48. The zero-order chi connectivity index (χ0) is 14.5. The molecule has 0 aromatic carbocycles. The molecule has 1 aliphatic rings. The smallest absolute Gasteiger partial charge is 0.147 e. The Bertz CT molecular complexity index is 434. The molecule has 1 unspecified atom stereocenters. The molecule has 1 aliphatic heterocycles. The molecule has 0 saturated carbocycles. The molecule has 112 valence electrons. The van der Waals surface area contributed by atoms with Crippen molar-refractivity contribution in [2.45, 2.75) is 52.6 Å². The summed E-state index contributed by atoms with van der Waals surface area (Å²) in [6.07, 6.45) is 5.62. The van der Waals surface area contributed by atoms with E-state index in [0.29, 0.717) is 12.0 Å². The molecule has 0 aliphatic carbocycles. The molecule has 1 N–H and O–H groups in total. The molecule has 4 heteroatoms. The SMILES string of the molecule is CCC1CCCN1c1ncc(CNCC(C)C)cc1Cl. The molecule has 0 spiro atoms. The van der Waals surface area contributed by atoms with Gasteiger partial charge in [-0.15, -0.1) is 0 Å². The van der Waals surface area contributed by atoms with Crippen LogP contribution >= 0.6 is 11.6 Å². The van der Waals surface area contributed by atoms with Crippen molar-refractivity contribution in [1.29, 1.82) is 0 Å². The fraction of sp³-hybridized carbons (Fsp3) is 0.688. The minimum atomic E-state index is 0.602. The molecule has 1 fully saturated rings. The number of anilines is 1. The minimum Gasteiger partial charge on any atom is -0.352 e. The van der Waals surface area contributed by atoms with E-state index < -0.39 is 0 Å². The van der Waals surface area contributed by atoms with Crippen molar-refractivity contribution in [1.82, 2.24) is 10.3 Å². The van der Waals surface area contributed by atoms with Crippen LogP contribution in [0.25, 0.3) is 0 Å². The van der Waals surface area contributed by atoms with Gasteiger partial charge in [-0.2, -0.15) is 0 Å². The van der Waals surface area contributed by atoms with Crippen molar-refractivity contribution >= 4 is 17.4 Å². The standard InChI is InChI=1S/C16H26ClN3/c1-4-14-6-5-7-20(14)16-15(17)8-13(11-19-16)10-18-9-12(2)3/h8,11-12,14,18H,4-7,9-10H2,1-3H3. The van der Waals surface area contributed by atoms with Gasteiger partial charge in [0.1, 0.15) is 5.82 Å². The maximum Gasteiger partial charge on any atom is 0.147 e. The van der Waals surface area contributed by atoms with Crippen molar-refractivity contribution < 1.29 is 0 Å². The molecule has 20 heavy (non-hydrogen) atoms. The van der Waals surface area contributed by atoms with Gasteiger partial charge in [0.15, 0.2) is 0 Å². The van der Waals surface area contributed by atoms with Gasteiger partial charge < -0.3 is 10.2 Å². The molecule has 2 heterocycles. The second kappa shape index (κ2) is 7.28. The maximum atomic E-state index is 6.44. The highest BCUT2D eigenvalue weighted by molar-refractivity contribution is 6.33. The molecular weight excluding hydrogens is 270 g/mol. The van der Waals surface area contributed by atoms with Gasteiger partial charge in [-0.25, -0.2) is 4.98 Å². The second-order valence-electron chi connectivity index (χ2n) is 6.07. The van der Waals surface area contributed by atoms with Crippen LogP contribution in [0.2, 0.25) is 5.02 Å². The normalized spacial score (nSPS) is 19.1. The van der Waals surface area contributed by atoms with Crippen LogP contribution in [0.5, 0.6) is 0 Å². The van der Waals surface area contributed by atoms with Gasteiger partial charge in [0.25, 0.3) is 0 Å². The molecule has 1 aromatic rings. The Morgan fingerprint density at radius 2 is 2.30 bits per heavy atom. The largest absolute Gasteiger partial charge is 0.352 e. The molecule has 0 radical (unpaired) electrons. The van der Waals surface area contributed by atoms with Crippen LogP contribution in [-0.4, -0.2) is 24.1 Å². The lowest BCUT2D eigenvalue weighted by Gasteiger charge is -2.25. The first-order chi connectivity index (χ1) is 9.61. The first-order valence-electron chi connectivity index (χ1n) is 7.73. The average molecular weight is 296 g/mol. The van der Waals surface area contributed by atoms with Gasteiger partial charge in [0.05, 0.1) is 5.02 Å². The number of hydrogen-bond acceptors (Lipinski definition) is 3. The summed E-state index contributed by atoms with van der Waals surface area (Å²) in [6, 6.07) is 2.66. The van der Waals surface area contributed by atoms with Crippen molar-refractivity contribution in [2.75, 3.05) is 18.0 Å². The Kier molecular flexibility index (Phi) is 5.67. The fourth-order valence-electron chi connectivity index (χ4n) is 2.82. The summed E-state index contributed by atoms with van der Waals surface area (Å²) in [4.78, 5) is 6.98.